The van der Waals surface area contributed by atoms with E-state index in [1.54, 1.807) is 6.07 Å². The lowest BCUT2D eigenvalue weighted by Gasteiger charge is -2.03. The van der Waals surface area contributed by atoms with E-state index < -0.39 is 11.6 Å². The second-order valence-corrected chi connectivity index (χ2v) is 3.95. The molecule has 1 aromatic heterocycles. The van der Waals surface area contributed by atoms with Gasteiger partial charge in [0.05, 0.1) is 0 Å². The van der Waals surface area contributed by atoms with Crippen LogP contribution in [-0.4, -0.2) is 11.1 Å². The van der Waals surface area contributed by atoms with Gasteiger partial charge in [0.1, 0.15) is 11.1 Å². The van der Waals surface area contributed by atoms with Crippen LogP contribution < -0.4 is 5.63 Å². The summed E-state index contributed by atoms with van der Waals surface area (Å²) in [5.74, 6) is -1.28. The average Bonchev–Trinajstić information content (AvgIpc) is 2.37. The Kier molecular flexibility index (Phi) is 2.16. The van der Waals surface area contributed by atoms with E-state index in [0.29, 0.717) is 11.0 Å². The minimum atomic E-state index is -1.28. The summed E-state index contributed by atoms with van der Waals surface area (Å²) in [7, 11) is 0. The monoisotopic (exact) mass is 241 g/mol. The van der Waals surface area contributed by atoms with E-state index in [1.807, 2.05) is 30.3 Å². The Bertz CT molecular complexity index is 830. The third-order valence-corrected chi connectivity index (χ3v) is 2.87. The Balaban J connectivity index is 2.53. The van der Waals surface area contributed by atoms with E-state index >= 15 is 0 Å². The van der Waals surface area contributed by atoms with E-state index in [1.165, 1.54) is 6.07 Å². The van der Waals surface area contributed by atoms with Gasteiger partial charge in [-0.25, -0.2) is 9.59 Å². The fourth-order valence-electron chi connectivity index (χ4n) is 2.02. The van der Waals surface area contributed by atoms with Gasteiger partial charge in [-0.05, 0) is 22.9 Å². The lowest BCUT2D eigenvalue weighted by atomic mass is 10.1. The van der Waals surface area contributed by atoms with E-state index in [4.69, 9.17) is 9.52 Å². The summed E-state index contributed by atoms with van der Waals surface area (Å²) >= 11 is 0. The average molecular weight is 241 g/mol. The van der Waals surface area contributed by atoms with Crippen molar-refractivity contribution in [3.05, 3.63) is 58.4 Å². The molecule has 4 nitrogen and oxygen atoms in total. The highest BCUT2D eigenvalue weighted by Gasteiger charge is 2.13. The molecule has 3 rings (SSSR count). The summed E-state index contributed by atoms with van der Waals surface area (Å²) < 4.78 is 5.03. The van der Waals surface area contributed by atoms with Crippen molar-refractivity contribution in [2.75, 3.05) is 0 Å². The first-order valence-corrected chi connectivity index (χ1v) is 5.36. The number of fused-ring (bicyclic) bond motifs is 3. The Morgan fingerprint density at radius 2 is 1.83 bits per heavy atom. The molecule has 3 aromatic rings. The van der Waals surface area contributed by atoms with Crippen molar-refractivity contribution >= 4 is 27.7 Å². The van der Waals surface area contributed by atoms with Gasteiger partial charge >= 0.3 is 11.6 Å². The Hall–Kier alpha value is -2.62. The van der Waals surface area contributed by atoms with Crippen LogP contribution in [0, 0.1) is 0 Å². The molecule has 0 radical (unpaired) electrons. The smallest absolute Gasteiger partial charge is 0.351 e. The zero-order chi connectivity index (χ0) is 12.7. The molecule has 88 valence electrons. The van der Waals surface area contributed by atoms with Crippen LogP contribution >= 0.6 is 0 Å². The molecule has 0 aliphatic rings. The minimum Gasteiger partial charge on any atom is -0.477 e. The summed E-state index contributed by atoms with van der Waals surface area (Å²) in [6.45, 7) is 0. The minimum absolute atomic E-state index is 0.348. The number of carbonyl (C=O) groups is 1. The van der Waals surface area contributed by atoms with Crippen LogP contribution in [0.1, 0.15) is 10.4 Å². The third-order valence-electron chi connectivity index (χ3n) is 2.87. The van der Waals surface area contributed by atoms with Crippen molar-refractivity contribution in [1.29, 1.82) is 0 Å². The van der Waals surface area contributed by atoms with E-state index in [9.17, 15) is 9.59 Å². The van der Waals surface area contributed by atoms with Crippen molar-refractivity contribution in [1.82, 2.24) is 0 Å². The SMILES string of the molecule is O=c1oc2ccc3ccccc3c2cc1[13C](=O)O. The number of hydrogen-bond donors (Lipinski definition) is 1. The number of carboxylic acid groups (broad SMARTS) is 1. The van der Waals surface area contributed by atoms with Crippen molar-refractivity contribution in [2.24, 2.45) is 0 Å². The zero-order valence-corrected chi connectivity index (χ0v) is 9.21. The molecular weight excluding hydrogens is 233 g/mol. The van der Waals surface area contributed by atoms with Crippen molar-refractivity contribution in [3.63, 3.8) is 0 Å². The summed E-state index contributed by atoms with van der Waals surface area (Å²) in [5.41, 5.74) is -0.784. The van der Waals surface area contributed by atoms with E-state index in [0.717, 1.165) is 10.8 Å². The molecule has 0 saturated carbocycles. The molecule has 0 unspecified atom stereocenters. The second-order valence-electron chi connectivity index (χ2n) is 3.95. The van der Waals surface area contributed by atoms with Gasteiger partial charge in [0.15, 0.2) is 0 Å². The summed E-state index contributed by atoms with van der Waals surface area (Å²) in [6, 6.07) is 12.4. The summed E-state index contributed by atoms with van der Waals surface area (Å²) in [6.07, 6.45) is 0. The molecule has 0 amide bonds. The molecule has 0 spiro atoms. The van der Waals surface area contributed by atoms with Crippen molar-refractivity contribution in [2.45, 2.75) is 0 Å². The van der Waals surface area contributed by atoms with Gasteiger partial charge in [0, 0.05) is 5.39 Å². The third kappa shape index (κ3) is 1.47. The van der Waals surface area contributed by atoms with Gasteiger partial charge in [-0.2, -0.15) is 0 Å². The first-order chi connectivity index (χ1) is 8.66. The Morgan fingerprint density at radius 1 is 1.06 bits per heavy atom. The zero-order valence-electron chi connectivity index (χ0n) is 9.21. The number of benzene rings is 2. The van der Waals surface area contributed by atoms with Crippen LogP contribution in [0.5, 0.6) is 0 Å². The van der Waals surface area contributed by atoms with E-state index in [-0.39, 0.29) is 5.56 Å². The lowest BCUT2D eigenvalue weighted by Crippen LogP contribution is -2.12. The molecule has 0 aliphatic carbocycles. The molecule has 1 heterocycles. The summed E-state index contributed by atoms with van der Waals surface area (Å²) in [5, 5.41) is 11.4. The first-order valence-electron chi connectivity index (χ1n) is 5.36. The van der Waals surface area contributed by atoms with Crippen LogP contribution in [0.2, 0.25) is 0 Å². The number of aromatic carboxylic acids is 1. The standard InChI is InChI=1S/C14H8O4/c15-13(16)11-7-10-9-4-2-1-3-8(9)5-6-12(10)18-14(11)17/h1-7H,(H,15,16)/i13+1. The normalized spacial score (nSPS) is 10.9. The van der Waals surface area contributed by atoms with Crippen LogP contribution in [0.3, 0.4) is 0 Å². The molecule has 0 saturated heterocycles. The molecule has 18 heavy (non-hydrogen) atoms. The highest BCUT2D eigenvalue weighted by atomic mass is 16.5. The van der Waals surface area contributed by atoms with Gasteiger partial charge < -0.3 is 9.52 Å². The predicted molar refractivity (Wildman–Crippen MR) is 66.9 cm³/mol. The number of carboxylic acids is 1. The van der Waals surface area contributed by atoms with Crippen LogP contribution in [0.15, 0.2) is 51.7 Å². The molecule has 2 aromatic carbocycles. The number of rotatable bonds is 1. The molecule has 1 N–H and O–H groups in total. The highest BCUT2D eigenvalue weighted by Crippen LogP contribution is 2.24. The summed E-state index contributed by atoms with van der Waals surface area (Å²) in [4.78, 5) is 22.4. The van der Waals surface area contributed by atoms with Gasteiger partial charge in [-0.15, -0.1) is 0 Å². The van der Waals surface area contributed by atoms with Crippen LogP contribution in [-0.2, 0) is 0 Å². The molecule has 0 atom stereocenters. The Morgan fingerprint density at radius 3 is 2.61 bits per heavy atom. The van der Waals surface area contributed by atoms with Gasteiger partial charge in [0.2, 0.25) is 0 Å². The molecule has 0 bridgehead atoms. The molecule has 0 fully saturated rings. The maximum absolute atomic E-state index is 11.5. The van der Waals surface area contributed by atoms with Crippen molar-refractivity contribution < 1.29 is 14.3 Å². The fourth-order valence-corrected chi connectivity index (χ4v) is 2.02. The maximum Gasteiger partial charge on any atom is 0.351 e. The molecular formula is C14H8O4. The first kappa shape index (κ1) is 10.5. The largest absolute Gasteiger partial charge is 0.477 e. The highest BCUT2D eigenvalue weighted by molar-refractivity contribution is 6.07. The quantitative estimate of drug-likeness (QED) is 0.404. The van der Waals surface area contributed by atoms with Crippen molar-refractivity contribution in [3.8, 4) is 0 Å². The lowest BCUT2D eigenvalue weighted by molar-refractivity contribution is 0.0692. The van der Waals surface area contributed by atoms with E-state index in [2.05, 4.69) is 0 Å². The fraction of sp³-hybridized carbons (Fsp3) is 0. The predicted octanol–water partition coefficient (Wildman–Crippen LogP) is 2.64. The van der Waals surface area contributed by atoms with Gasteiger partial charge in [-0.3, -0.25) is 0 Å². The Labute approximate surface area is 101 Å². The molecule has 0 aliphatic heterocycles. The van der Waals surface area contributed by atoms with Crippen LogP contribution in [0.25, 0.3) is 21.7 Å². The van der Waals surface area contributed by atoms with Gasteiger partial charge in [-0.1, -0.05) is 30.3 Å². The second kappa shape index (κ2) is 3.70. The van der Waals surface area contributed by atoms with Crippen LogP contribution in [0.4, 0.5) is 0 Å². The number of hydrogen-bond acceptors (Lipinski definition) is 3. The van der Waals surface area contributed by atoms with Gasteiger partial charge in [0.25, 0.3) is 0 Å². The molecule has 4 heteroatoms. The maximum atomic E-state index is 11.5. The topological polar surface area (TPSA) is 67.5 Å².